The summed E-state index contributed by atoms with van der Waals surface area (Å²) in [6.45, 7) is 6.39. The van der Waals surface area contributed by atoms with Gasteiger partial charge in [0.15, 0.2) is 0 Å². The van der Waals surface area contributed by atoms with Gasteiger partial charge in [0.2, 0.25) is 0 Å². The third-order valence-electron chi connectivity index (χ3n) is 5.19. The quantitative estimate of drug-likeness (QED) is 0.688. The first-order chi connectivity index (χ1) is 10.6. The second kappa shape index (κ2) is 4.63. The molecule has 1 aromatic carbocycles. The molecule has 23 heavy (non-hydrogen) atoms. The highest BCUT2D eigenvalue weighted by molar-refractivity contribution is 5.72. The Morgan fingerprint density at radius 2 is 1.43 bits per heavy atom. The van der Waals surface area contributed by atoms with Crippen LogP contribution in [0.1, 0.15) is 50.7 Å². The Bertz CT molecular complexity index is 626. The van der Waals surface area contributed by atoms with Gasteiger partial charge in [0.1, 0.15) is 0 Å². The summed E-state index contributed by atoms with van der Waals surface area (Å²) in [6.07, 6.45) is -1.12. The summed E-state index contributed by atoms with van der Waals surface area (Å²) in [4.78, 5) is 22.1. The minimum atomic E-state index is -1.06. The first-order valence-corrected chi connectivity index (χ1v) is 7.71. The van der Waals surface area contributed by atoms with Gasteiger partial charge in [0.05, 0.1) is 11.1 Å². The van der Waals surface area contributed by atoms with Crippen molar-refractivity contribution >= 4 is 12.2 Å². The number of carboxylic acid groups (broad SMARTS) is 2. The van der Waals surface area contributed by atoms with Crippen molar-refractivity contribution < 1.29 is 19.8 Å². The molecule has 0 unspecified atom stereocenters. The van der Waals surface area contributed by atoms with Gasteiger partial charge in [0, 0.05) is 5.92 Å². The molecule has 0 atom stereocenters. The predicted octanol–water partition coefficient (Wildman–Crippen LogP) is 2.89. The van der Waals surface area contributed by atoms with E-state index in [1.54, 1.807) is 0 Å². The van der Waals surface area contributed by atoms with Crippen LogP contribution in [-0.2, 0) is 5.41 Å². The number of rotatable bonds is 3. The van der Waals surface area contributed by atoms with Crippen molar-refractivity contribution in [2.75, 3.05) is 0 Å². The zero-order valence-corrected chi connectivity index (χ0v) is 13.5. The van der Waals surface area contributed by atoms with Crippen molar-refractivity contribution in [3.8, 4) is 0 Å². The Morgan fingerprint density at radius 1 is 1.00 bits per heavy atom. The summed E-state index contributed by atoms with van der Waals surface area (Å²) >= 11 is 0. The summed E-state index contributed by atoms with van der Waals surface area (Å²) in [5.41, 5.74) is 1.11. The number of nitrogens with one attached hydrogen (secondary N) is 2. The number of benzene rings is 1. The SMILES string of the molecule is CC(C)(C)c1ccc(C2C3(NC(=O)O)CC2(NC(=O)O)C3)cc1. The van der Waals surface area contributed by atoms with Crippen LogP contribution in [0.4, 0.5) is 9.59 Å². The van der Waals surface area contributed by atoms with E-state index in [0.717, 1.165) is 5.56 Å². The molecule has 0 saturated heterocycles. The Morgan fingerprint density at radius 3 is 1.78 bits per heavy atom. The smallest absolute Gasteiger partial charge is 0.405 e. The molecule has 0 aliphatic heterocycles. The molecule has 6 nitrogen and oxygen atoms in total. The Labute approximate surface area is 134 Å². The molecule has 0 heterocycles. The van der Waals surface area contributed by atoms with Gasteiger partial charge >= 0.3 is 12.2 Å². The largest absolute Gasteiger partial charge is 0.465 e. The monoisotopic (exact) mass is 318 g/mol. The van der Waals surface area contributed by atoms with E-state index in [9.17, 15) is 9.59 Å². The molecule has 0 spiro atoms. The summed E-state index contributed by atoms with van der Waals surface area (Å²) in [6, 6.07) is 8.05. The normalized spacial score (nSPS) is 31.5. The number of hydrogen-bond donors (Lipinski definition) is 4. The zero-order valence-electron chi connectivity index (χ0n) is 13.5. The van der Waals surface area contributed by atoms with Gasteiger partial charge < -0.3 is 20.8 Å². The van der Waals surface area contributed by atoms with E-state index in [2.05, 4.69) is 31.4 Å². The fourth-order valence-electron chi connectivity index (χ4n) is 4.31. The van der Waals surface area contributed by atoms with Gasteiger partial charge in [-0.15, -0.1) is 0 Å². The van der Waals surface area contributed by atoms with Gasteiger partial charge in [0.25, 0.3) is 0 Å². The fourth-order valence-corrected chi connectivity index (χ4v) is 4.31. The van der Waals surface area contributed by atoms with Crippen LogP contribution in [0.15, 0.2) is 24.3 Å². The molecule has 2 bridgehead atoms. The molecular weight excluding hydrogens is 296 g/mol. The first kappa shape index (κ1) is 15.6. The molecule has 124 valence electrons. The average molecular weight is 318 g/mol. The van der Waals surface area contributed by atoms with Crippen LogP contribution in [0.2, 0.25) is 0 Å². The van der Waals surface area contributed by atoms with E-state index in [1.807, 2.05) is 24.3 Å². The van der Waals surface area contributed by atoms with Gasteiger partial charge in [-0.1, -0.05) is 45.0 Å². The lowest BCUT2D eigenvalue weighted by Crippen LogP contribution is -2.88. The maximum absolute atomic E-state index is 11.1. The Balaban J connectivity index is 1.89. The third-order valence-corrected chi connectivity index (χ3v) is 5.19. The van der Waals surface area contributed by atoms with Crippen LogP contribution in [0.5, 0.6) is 0 Å². The highest BCUT2D eigenvalue weighted by Crippen LogP contribution is 2.69. The minimum Gasteiger partial charge on any atom is -0.465 e. The van der Waals surface area contributed by atoms with E-state index in [1.165, 1.54) is 5.56 Å². The molecule has 3 saturated carbocycles. The van der Waals surface area contributed by atoms with Crippen LogP contribution in [0, 0.1) is 0 Å². The van der Waals surface area contributed by atoms with Crippen LogP contribution in [0.3, 0.4) is 0 Å². The molecular formula is C17H22N2O4. The molecule has 2 amide bonds. The lowest BCUT2D eigenvalue weighted by atomic mass is 9.35. The molecule has 4 rings (SSSR count). The second-order valence-electron chi connectivity index (χ2n) is 7.83. The van der Waals surface area contributed by atoms with Crippen LogP contribution in [-0.4, -0.2) is 33.5 Å². The summed E-state index contributed by atoms with van der Waals surface area (Å²) in [7, 11) is 0. The number of amides is 2. The van der Waals surface area contributed by atoms with Crippen molar-refractivity contribution in [2.45, 2.75) is 56.0 Å². The van der Waals surface area contributed by atoms with E-state index >= 15 is 0 Å². The van der Waals surface area contributed by atoms with E-state index < -0.39 is 23.3 Å². The molecule has 0 aromatic heterocycles. The molecule has 3 fully saturated rings. The average Bonchev–Trinajstić information content (AvgIpc) is 2.34. The summed E-state index contributed by atoms with van der Waals surface area (Å²) < 4.78 is 0. The summed E-state index contributed by atoms with van der Waals surface area (Å²) in [5, 5.41) is 23.3. The second-order valence-corrected chi connectivity index (χ2v) is 7.83. The first-order valence-electron chi connectivity index (χ1n) is 7.71. The highest BCUT2D eigenvalue weighted by Gasteiger charge is 2.77. The number of carbonyl (C=O) groups is 2. The standard InChI is InChI=1S/C17H22N2O4/c1-15(2,3)11-6-4-10(5-7-11)12-16(18-13(20)21)8-17(12,9-16)19-14(22)23/h4-7,12,18-19H,8-9H2,1-3H3,(H,20,21)(H,22,23). The molecule has 6 heteroatoms. The maximum Gasteiger partial charge on any atom is 0.405 e. The van der Waals surface area contributed by atoms with Crippen molar-refractivity contribution in [3.05, 3.63) is 35.4 Å². The van der Waals surface area contributed by atoms with Crippen LogP contribution >= 0.6 is 0 Å². The maximum atomic E-state index is 11.1. The molecule has 1 aromatic rings. The van der Waals surface area contributed by atoms with Crippen molar-refractivity contribution in [1.82, 2.24) is 10.6 Å². The predicted molar refractivity (Wildman–Crippen MR) is 84.9 cm³/mol. The van der Waals surface area contributed by atoms with Crippen LogP contribution in [0.25, 0.3) is 0 Å². The van der Waals surface area contributed by atoms with Crippen LogP contribution < -0.4 is 10.6 Å². The Hall–Kier alpha value is -2.24. The van der Waals surface area contributed by atoms with Gasteiger partial charge in [-0.3, -0.25) is 0 Å². The van der Waals surface area contributed by atoms with Gasteiger partial charge in [-0.05, 0) is 29.4 Å². The lowest BCUT2D eigenvalue weighted by molar-refractivity contribution is -0.126. The third kappa shape index (κ3) is 2.33. The van der Waals surface area contributed by atoms with Gasteiger partial charge in [-0.2, -0.15) is 0 Å². The van der Waals surface area contributed by atoms with Crippen molar-refractivity contribution in [1.29, 1.82) is 0 Å². The molecule has 4 N–H and O–H groups in total. The van der Waals surface area contributed by atoms with E-state index in [4.69, 9.17) is 10.2 Å². The fraction of sp³-hybridized carbons (Fsp3) is 0.529. The molecule has 3 aliphatic carbocycles. The Kier molecular flexibility index (Phi) is 3.15. The van der Waals surface area contributed by atoms with Crippen molar-refractivity contribution in [2.24, 2.45) is 0 Å². The molecule has 0 radical (unpaired) electrons. The topological polar surface area (TPSA) is 98.7 Å². The minimum absolute atomic E-state index is 0.0368. The van der Waals surface area contributed by atoms with Gasteiger partial charge in [-0.25, -0.2) is 9.59 Å². The van der Waals surface area contributed by atoms with E-state index in [-0.39, 0.29) is 11.3 Å². The zero-order chi connectivity index (χ0) is 17.0. The lowest BCUT2D eigenvalue weighted by Gasteiger charge is -2.75. The van der Waals surface area contributed by atoms with E-state index in [0.29, 0.717) is 12.8 Å². The molecule has 3 aliphatic rings. The van der Waals surface area contributed by atoms with Crippen molar-refractivity contribution in [3.63, 3.8) is 0 Å². The summed E-state index contributed by atoms with van der Waals surface area (Å²) in [5.74, 6) is -0.156. The highest BCUT2D eigenvalue weighted by atomic mass is 16.4. The number of hydrogen-bond acceptors (Lipinski definition) is 2.